The Morgan fingerprint density at radius 2 is 1.50 bits per heavy atom. The fraction of sp³-hybridized carbons (Fsp3) is 0.111. The first-order valence-corrected chi connectivity index (χ1v) is 9.56. The van der Waals surface area contributed by atoms with Crippen molar-refractivity contribution in [2.45, 2.75) is 17.9 Å². The van der Waals surface area contributed by atoms with E-state index < -0.39 is 16.1 Å². The fourth-order valence-corrected chi connectivity index (χ4v) is 4.49. The number of nitrogens with one attached hydrogen (secondary N) is 1. The molecule has 0 aromatic heterocycles. The van der Waals surface area contributed by atoms with Crippen LogP contribution in [0, 0.1) is 0 Å². The van der Waals surface area contributed by atoms with E-state index in [1.54, 1.807) is 6.92 Å². The van der Waals surface area contributed by atoms with Crippen molar-refractivity contribution in [2.24, 2.45) is 0 Å². The molecule has 3 aromatic rings. The Bertz CT molecular complexity index is 983. The lowest BCUT2D eigenvalue weighted by atomic mass is 10.0. The largest absolute Gasteiger partial charge is 0.241 e. The highest BCUT2D eigenvalue weighted by Crippen LogP contribution is 2.25. The average Bonchev–Trinajstić information content (AvgIpc) is 2.53. The molecular formula is C18H15Cl2NO2S. The molecule has 0 amide bonds. The van der Waals surface area contributed by atoms with Crippen molar-refractivity contribution in [3.8, 4) is 0 Å². The molecule has 3 nitrogen and oxygen atoms in total. The summed E-state index contributed by atoms with van der Waals surface area (Å²) in [6.07, 6.45) is 0. The van der Waals surface area contributed by atoms with E-state index in [-0.39, 0.29) is 14.9 Å². The molecule has 0 aliphatic carbocycles. The molecule has 3 aromatic carbocycles. The van der Waals surface area contributed by atoms with Gasteiger partial charge in [-0.1, -0.05) is 59.6 Å². The van der Waals surface area contributed by atoms with Crippen molar-refractivity contribution in [1.29, 1.82) is 0 Å². The van der Waals surface area contributed by atoms with Crippen LogP contribution in [0.25, 0.3) is 10.8 Å². The SMILES string of the molecule is CC(NS(=O)(=O)c1cc(Cl)cc(Cl)c1)c1ccc2ccccc2c1. The summed E-state index contributed by atoms with van der Waals surface area (Å²) in [5.74, 6) is 0. The second kappa shape index (κ2) is 6.73. The van der Waals surface area contributed by atoms with Gasteiger partial charge in [-0.15, -0.1) is 0 Å². The van der Waals surface area contributed by atoms with Crippen LogP contribution in [0.15, 0.2) is 65.6 Å². The second-order valence-electron chi connectivity index (χ2n) is 5.55. The molecule has 0 saturated heterocycles. The Hall–Kier alpha value is -1.59. The molecule has 1 unspecified atom stereocenters. The quantitative estimate of drug-likeness (QED) is 0.677. The molecule has 0 fully saturated rings. The van der Waals surface area contributed by atoms with Crippen LogP contribution in [-0.4, -0.2) is 8.42 Å². The molecule has 3 rings (SSSR count). The second-order valence-corrected chi connectivity index (χ2v) is 8.14. The molecule has 24 heavy (non-hydrogen) atoms. The Balaban J connectivity index is 1.90. The van der Waals surface area contributed by atoms with Crippen LogP contribution in [0.4, 0.5) is 0 Å². The summed E-state index contributed by atoms with van der Waals surface area (Å²) < 4.78 is 27.8. The third-order valence-electron chi connectivity index (χ3n) is 3.75. The van der Waals surface area contributed by atoms with Gasteiger partial charge in [0, 0.05) is 16.1 Å². The summed E-state index contributed by atoms with van der Waals surface area (Å²) in [7, 11) is -3.72. The minimum atomic E-state index is -3.72. The van der Waals surface area contributed by atoms with E-state index in [1.807, 2.05) is 42.5 Å². The molecule has 124 valence electrons. The summed E-state index contributed by atoms with van der Waals surface area (Å²) in [6.45, 7) is 1.80. The topological polar surface area (TPSA) is 46.2 Å². The van der Waals surface area contributed by atoms with Crippen LogP contribution in [0.2, 0.25) is 10.0 Å². The molecule has 0 aliphatic rings. The van der Waals surface area contributed by atoms with Crippen molar-refractivity contribution in [3.05, 3.63) is 76.3 Å². The zero-order chi connectivity index (χ0) is 17.3. The first kappa shape index (κ1) is 17.2. The van der Waals surface area contributed by atoms with Crippen LogP contribution < -0.4 is 4.72 Å². The molecule has 1 N–H and O–H groups in total. The fourth-order valence-electron chi connectivity index (χ4n) is 2.53. The molecule has 0 radical (unpaired) electrons. The van der Waals surface area contributed by atoms with E-state index in [0.29, 0.717) is 0 Å². The first-order chi connectivity index (χ1) is 11.3. The number of hydrogen-bond acceptors (Lipinski definition) is 2. The molecule has 0 spiro atoms. The van der Waals surface area contributed by atoms with Gasteiger partial charge in [0.25, 0.3) is 0 Å². The van der Waals surface area contributed by atoms with Gasteiger partial charge in [-0.05, 0) is 47.5 Å². The van der Waals surface area contributed by atoms with Crippen molar-refractivity contribution in [1.82, 2.24) is 4.72 Å². The summed E-state index contributed by atoms with van der Waals surface area (Å²) in [5, 5.41) is 2.73. The standard InChI is InChI=1S/C18H15Cl2NO2S/c1-12(14-7-6-13-4-2-3-5-15(13)8-14)21-24(22,23)18-10-16(19)9-17(20)11-18/h2-12,21H,1H3. The monoisotopic (exact) mass is 379 g/mol. The van der Waals surface area contributed by atoms with Crippen LogP contribution in [0.3, 0.4) is 0 Å². The van der Waals surface area contributed by atoms with Gasteiger partial charge in [-0.3, -0.25) is 0 Å². The van der Waals surface area contributed by atoms with Crippen molar-refractivity contribution in [2.75, 3.05) is 0 Å². The maximum Gasteiger partial charge on any atom is 0.241 e. The number of rotatable bonds is 4. The lowest BCUT2D eigenvalue weighted by Gasteiger charge is -2.16. The van der Waals surface area contributed by atoms with Gasteiger partial charge in [0.1, 0.15) is 0 Å². The molecule has 0 bridgehead atoms. The number of hydrogen-bond donors (Lipinski definition) is 1. The highest BCUT2D eigenvalue weighted by Gasteiger charge is 2.19. The minimum Gasteiger partial charge on any atom is -0.207 e. The summed E-state index contributed by atoms with van der Waals surface area (Å²) in [5.41, 5.74) is 0.880. The number of benzene rings is 3. The number of sulfonamides is 1. The normalized spacial score (nSPS) is 13.1. The van der Waals surface area contributed by atoms with Gasteiger partial charge in [-0.25, -0.2) is 13.1 Å². The van der Waals surface area contributed by atoms with Gasteiger partial charge in [0.05, 0.1) is 4.90 Å². The Labute approximate surface area is 151 Å². The number of fused-ring (bicyclic) bond motifs is 1. The average molecular weight is 380 g/mol. The van der Waals surface area contributed by atoms with Crippen molar-refractivity contribution >= 4 is 44.0 Å². The highest BCUT2D eigenvalue weighted by molar-refractivity contribution is 7.89. The summed E-state index contributed by atoms with van der Waals surface area (Å²) in [6, 6.07) is 17.7. The number of halogens is 2. The van der Waals surface area contributed by atoms with E-state index >= 15 is 0 Å². The zero-order valence-corrected chi connectivity index (χ0v) is 15.2. The highest BCUT2D eigenvalue weighted by atomic mass is 35.5. The van der Waals surface area contributed by atoms with Crippen LogP contribution in [0.5, 0.6) is 0 Å². The van der Waals surface area contributed by atoms with Gasteiger partial charge < -0.3 is 0 Å². The molecule has 6 heteroatoms. The van der Waals surface area contributed by atoms with E-state index in [0.717, 1.165) is 16.3 Å². The van der Waals surface area contributed by atoms with Crippen molar-refractivity contribution < 1.29 is 8.42 Å². The lowest BCUT2D eigenvalue weighted by molar-refractivity contribution is 0.567. The van der Waals surface area contributed by atoms with Gasteiger partial charge >= 0.3 is 0 Å². The van der Waals surface area contributed by atoms with Gasteiger partial charge in [0.15, 0.2) is 0 Å². The molecule has 0 aliphatic heterocycles. The van der Waals surface area contributed by atoms with Crippen LogP contribution in [-0.2, 0) is 10.0 Å². The lowest BCUT2D eigenvalue weighted by Crippen LogP contribution is -2.26. The van der Waals surface area contributed by atoms with E-state index in [9.17, 15) is 8.42 Å². The predicted octanol–water partition coefficient (Wildman–Crippen LogP) is 5.19. The Kier molecular flexibility index (Phi) is 4.83. The maximum atomic E-state index is 12.6. The van der Waals surface area contributed by atoms with Crippen LogP contribution >= 0.6 is 23.2 Å². The first-order valence-electron chi connectivity index (χ1n) is 7.32. The summed E-state index contributed by atoms with van der Waals surface area (Å²) in [4.78, 5) is 0.0487. The molecule has 0 heterocycles. The van der Waals surface area contributed by atoms with Crippen molar-refractivity contribution in [3.63, 3.8) is 0 Å². The maximum absolute atomic E-state index is 12.6. The summed E-state index contributed by atoms with van der Waals surface area (Å²) >= 11 is 11.8. The third kappa shape index (κ3) is 3.73. The Morgan fingerprint density at radius 1 is 0.875 bits per heavy atom. The van der Waals surface area contributed by atoms with E-state index in [1.165, 1.54) is 18.2 Å². The minimum absolute atomic E-state index is 0.0487. The third-order valence-corrected chi connectivity index (χ3v) is 5.71. The Morgan fingerprint density at radius 3 is 2.17 bits per heavy atom. The molecular weight excluding hydrogens is 365 g/mol. The van der Waals surface area contributed by atoms with E-state index in [2.05, 4.69) is 4.72 Å². The molecule has 0 saturated carbocycles. The predicted molar refractivity (Wildman–Crippen MR) is 99.1 cm³/mol. The van der Waals surface area contributed by atoms with Gasteiger partial charge in [-0.2, -0.15) is 0 Å². The zero-order valence-electron chi connectivity index (χ0n) is 12.8. The molecule has 1 atom stereocenters. The van der Waals surface area contributed by atoms with Gasteiger partial charge in [0.2, 0.25) is 10.0 Å². The van der Waals surface area contributed by atoms with E-state index in [4.69, 9.17) is 23.2 Å². The smallest absolute Gasteiger partial charge is 0.207 e. The van der Waals surface area contributed by atoms with Crippen LogP contribution in [0.1, 0.15) is 18.5 Å².